The van der Waals surface area contributed by atoms with Gasteiger partial charge in [-0.1, -0.05) is 48.5 Å². The predicted molar refractivity (Wildman–Crippen MR) is 239 cm³/mol. The van der Waals surface area contributed by atoms with Crippen molar-refractivity contribution in [2.45, 2.75) is 0 Å². The summed E-state index contributed by atoms with van der Waals surface area (Å²) in [5, 5.41) is 55.6. The lowest BCUT2D eigenvalue weighted by atomic mass is 10.3. The van der Waals surface area contributed by atoms with E-state index >= 15 is 0 Å². The molecule has 0 atom stereocenters. The Morgan fingerprint density at radius 3 is 0.250 bits per heavy atom. The molecule has 0 aliphatic rings. The minimum atomic E-state index is -2.67. The second-order valence-electron chi connectivity index (χ2n) is 9.44. The maximum atomic E-state index is 10.1. The third kappa shape index (κ3) is 95.3. The third-order valence-corrected chi connectivity index (χ3v) is 4.53. The van der Waals surface area contributed by atoms with Crippen molar-refractivity contribution >= 4 is 29.6 Å². The van der Waals surface area contributed by atoms with E-state index in [4.69, 9.17) is 40.2 Å². The fourth-order valence-corrected chi connectivity index (χ4v) is 2.50. The Kier molecular flexibility index (Phi) is 59.7. The van der Waals surface area contributed by atoms with Gasteiger partial charge < -0.3 is 40.2 Å². The fourth-order valence-electron chi connectivity index (χ4n) is 2.50. The van der Waals surface area contributed by atoms with Crippen LogP contribution in [0.3, 0.4) is 0 Å². The number of aromatic nitrogens is 8. The molecule has 8 rings (SSSR count). The molecular formula is C40H48B4F4N8O8. The van der Waals surface area contributed by atoms with Gasteiger partial charge in [0.25, 0.3) is 0 Å². The standard InChI is InChI=1S/8C5H5N.4BFH2O2/c8*1-2-4-6-5-3-1;4*2-1(3)4/h8*1-5H;4*3-4H. The van der Waals surface area contributed by atoms with Crippen LogP contribution in [0.5, 0.6) is 0 Å². The molecule has 0 radical (unpaired) electrons. The number of nitrogens with zero attached hydrogens (tertiary/aromatic N) is 8. The van der Waals surface area contributed by atoms with Crippen LogP contribution in [0.1, 0.15) is 0 Å². The molecule has 0 bridgehead atoms. The lowest BCUT2D eigenvalue weighted by Crippen LogP contribution is -1.98. The van der Waals surface area contributed by atoms with Gasteiger partial charge in [-0.3, -0.25) is 57.1 Å². The van der Waals surface area contributed by atoms with Gasteiger partial charge in [-0.15, -0.1) is 0 Å². The van der Waals surface area contributed by atoms with Gasteiger partial charge in [0.05, 0.1) is 0 Å². The Hall–Kier alpha value is -7.14. The van der Waals surface area contributed by atoms with Crippen LogP contribution in [0, 0.1) is 0 Å². The molecule has 0 aliphatic carbocycles. The molecule has 8 aromatic rings. The Morgan fingerprint density at radius 1 is 0.172 bits per heavy atom. The van der Waals surface area contributed by atoms with Crippen LogP contribution in [0.15, 0.2) is 245 Å². The first-order valence-corrected chi connectivity index (χ1v) is 17.7. The number of pyridine rings is 8. The van der Waals surface area contributed by atoms with Crippen LogP contribution in [0.4, 0.5) is 17.3 Å². The van der Waals surface area contributed by atoms with Crippen molar-refractivity contribution in [2.75, 3.05) is 0 Å². The maximum Gasteiger partial charge on any atom is 0.674 e. The largest absolute Gasteiger partial charge is 0.674 e. The number of rotatable bonds is 0. The van der Waals surface area contributed by atoms with E-state index in [9.17, 15) is 17.3 Å². The summed E-state index contributed by atoms with van der Waals surface area (Å²) >= 11 is 0. The molecule has 336 valence electrons. The van der Waals surface area contributed by atoms with E-state index in [1.807, 2.05) is 146 Å². The quantitative estimate of drug-likeness (QED) is 0.0777. The van der Waals surface area contributed by atoms with Crippen LogP contribution in [0.2, 0.25) is 0 Å². The second-order valence-corrected chi connectivity index (χ2v) is 9.44. The summed E-state index contributed by atoms with van der Waals surface area (Å²) in [7, 11) is -10.7. The van der Waals surface area contributed by atoms with Crippen molar-refractivity contribution in [2.24, 2.45) is 0 Å². The third-order valence-electron chi connectivity index (χ3n) is 4.53. The van der Waals surface area contributed by atoms with E-state index in [1.54, 1.807) is 99.1 Å². The smallest absolute Gasteiger partial charge is 0.398 e. The van der Waals surface area contributed by atoms with Crippen LogP contribution in [-0.4, -0.2) is 110 Å². The van der Waals surface area contributed by atoms with Crippen LogP contribution >= 0.6 is 0 Å². The molecule has 0 saturated carbocycles. The molecule has 0 saturated heterocycles. The van der Waals surface area contributed by atoms with E-state index in [0.29, 0.717) is 0 Å². The summed E-state index contributed by atoms with van der Waals surface area (Å²) in [6.07, 6.45) is 28.0. The fraction of sp³-hybridized carbons (Fsp3) is 0. The Morgan fingerprint density at radius 2 is 0.234 bits per heavy atom. The number of halogens is 4. The Bertz CT molecular complexity index is 1220. The summed E-state index contributed by atoms with van der Waals surface area (Å²) in [6, 6.07) is 45.7. The summed E-state index contributed by atoms with van der Waals surface area (Å²) in [5.41, 5.74) is 0. The van der Waals surface area contributed by atoms with E-state index < -0.39 is 29.6 Å². The molecule has 0 aromatic carbocycles. The Balaban J connectivity index is -0.000000308. The molecular weight excluding hydrogens is 840 g/mol. The first kappa shape index (κ1) is 63.5. The van der Waals surface area contributed by atoms with Crippen LogP contribution in [-0.2, 0) is 0 Å². The van der Waals surface area contributed by atoms with Gasteiger partial charge in [0.1, 0.15) is 0 Å². The van der Waals surface area contributed by atoms with Crippen molar-refractivity contribution in [3.8, 4) is 0 Å². The normalized spacial score (nSPS) is 7.69. The molecule has 0 unspecified atom stereocenters. The predicted octanol–water partition coefficient (Wildman–Crippen LogP) is 4.35. The minimum absolute atomic E-state index is 1.75. The summed E-state index contributed by atoms with van der Waals surface area (Å²) < 4.78 is 40.4. The van der Waals surface area contributed by atoms with Crippen molar-refractivity contribution in [1.29, 1.82) is 0 Å². The highest BCUT2D eigenvalue weighted by Gasteiger charge is 1.98. The number of hydrogen-bond acceptors (Lipinski definition) is 16. The van der Waals surface area contributed by atoms with Gasteiger partial charge in [0.2, 0.25) is 0 Å². The lowest BCUT2D eigenvalue weighted by Gasteiger charge is -1.70. The zero-order chi connectivity index (χ0) is 48.3. The molecule has 24 heteroatoms. The van der Waals surface area contributed by atoms with E-state index in [-0.39, 0.29) is 0 Å². The first-order valence-electron chi connectivity index (χ1n) is 17.7. The summed E-state index contributed by atoms with van der Waals surface area (Å²) in [6.45, 7) is 0. The minimum Gasteiger partial charge on any atom is -0.398 e. The van der Waals surface area contributed by atoms with Crippen molar-refractivity contribution in [3.63, 3.8) is 0 Å². The van der Waals surface area contributed by atoms with E-state index in [2.05, 4.69) is 39.9 Å². The Labute approximate surface area is 370 Å². The highest BCUT2D eigenvalue weighted by Crippen LogP contribution is 1.78. The first-order chi connectivity index (χ1) is 30.9. The van der Waals surface area contributed by atoms with Crippen molar-refractivity contribution in [3.05, 3.63) is 245 Å². The van der Waals surface area contributed by atoms with Crippen LogP contribution < -0.4 is 0 Å². The lowest BCUT2D eigenvalue weighted by molar-refractivity contribution is 0.338. The van der Waals surface area contributed by atoms with Gasteiger partial charge in [0.15, 0.2) is 0 Å². The molecule has 16 nitrogen and oxygen atoms in total. The zero-order valence-corrected chi connectivity index (χ0v) is 34.1. The highest BCUT2D eigenvalue weighted by atomic mass is 19.1. The van der Waals surface area contributed by atoms with Crippen molar-refractivity contribution in [1.82, 2.24) is 39.9 Å². The van der Waals surface area contributed by atoms with Gasteiger partial charge in [-0.25, -0.2) is 0 Å². The summed E-state index contributed by atoms with van der Waals surface area (Å²) in [4.78, 5) is 30.3. The van der Waals surface area contributed by atoms with Crippen LogP contribution in [0.25, 0.3) is 0 Å². The topological polar surface area (TPSA) is 265 Å². The van der Waals surface area contributed by atoms with Crippen molar-refractivity contribution < 1.29 is 57.5 Å². The van der Waals surface area contributed by atoms with Gasteiger partial charge in [-0.05, 0) is 97.1 Å². The second kappa shape index (κ2) is 60.2. The van der Waals surface area contributed by atoms with E-state index in [1.165, 1.54) is 0 Å². The maximum absolute atomic E-state index is 10.1. The summed E-state index contributed by atoms with van der Waals surface area (Å²) in [5.74, 6) is 0. The molecule has 64 heavy (non-hydrogen) atoms. The average molecular weight is 888 g/mol. The zero-order valence-electron chi connectivity index (χ0n) is 34.1. The average Bonchev–Trinajstić information content (AvgIpc) is 3.34. The molecule has 8 N–H and O–H groups in total. The molecule has 8 heterocycles. The SMILES string of the molecule is OB(O)F.OB(O)F.OB(O)F.OB(O)F.c1ccncc1.c1ccncc1.c1ccncc1.c1ccncc1.c1ccncc1.c1ccncc1.c1ccncc1.c1ccncc1. The van der Waals surface area contributed by atoms with Gasteiger partial charge in [0, 0.05) is 99.1 Å². The molecule has 0 fully saturated rings. The van der Waals surface area contributed by atoms with E-state index in [0.717, 1.165) is 0 Å². The molecule has 0 spiro atoms. The molecule has 8 aromatic heterocycles. The van der Waals surface area contributed by atoms with Gasteiger partial charge >= 0.3 is 29.6 Å². The monoisotopic (exact) mass is 888 g/mol. The molecule has 0 aliphatic heterocycles. The highest BCUT2D eigenvalue weighted by molar-refractivity contribution is 6.32. The van der Waals surface area contributed by atoms with Gasteiger partial charge in [-0.2, -0.15) is 0 Å². The number of hydrogen-bond donors (Lipinski definition) is 8. The molecule has 0 amide bonds.